The van der Waals surface area contributed by atoms with Gasteiger partial charge in [-0.3, -0.25) is 9.58 Å². The minimum atomic E-state index is -1.04. The summed E-state index contributed by atoms with van der Waals surface area (Å²) < 4.78 is 1.69. The fourth-order valence-corrected chi connectivity index (χ4v) is 3.62. The summed E-state index contributed by atoms with van der Waals surface area (Å²) in [5, 5.41) is 21.5. The van der Waals surface area contributed by atoms with Gasteiger partial charge in [-0.1, -0.05) is 24.3 Å². The van der Waals surface area contributed by atoms with Crippen LogP contribution in [-0.2, 0) is 25.6 Å². The van der Waals surface area contributed by atoms with Gasteiger partial charge in [0.05, 0.1) is 12.7 Å². The number of guanidine groups is 1. The molecule has 29 heavy (non-hydrogen) atoms. The van der Waals surface area contributed by atoms with Crippen LogP contribution in [0.2, 0.25) is 0 Å². The zero-order valence-corrected chi connectivity index (χ0v) is 17.9. The van der Waals surface area contributed by atoms with Crippen molar-refractivity contribution in [3.05, 3.63) is 53.3 Å². The Labute approximate surface area is 173 Å². The van der Waals surface area contributed by atoms with Gasteiger partial charge in [0.15, 0.2) is 5.96 Å². The molecule has 0 spiro atoms. The predicted octanol–water partition coefficient (Wildman–Crippen LogP) is 1.63. The van der Waals surface area contributed by atoms with E-state index in [0.29, 0.717) is 0 Å². The van der Waals surface area contributed by atoms with Crippen LogP contribution in [0.25, 0.3) is 0 Å². The molecule has 1 aliphatic rings. The van der Waals surface area contributed by atoms with E-state index in [1.54, 1.807) is 17.8 Å². The van der Waals surface area contributed by atoms with Crippen molar-refractivity contribution in [1.29, 1.82) is 0 Å². The molecule has 7 heteroatoms. The number of fused-ring (bicyclic) bond motifs is 1. The predicted molar refractivity (Wildman–Crippen MR) is 117 cm³/mol. The van der Waals surface area contributed by atoms with Crippen LogP contribution in [0.15, 0.2) is 41.7 Å². The van der Waals surface area contributed by atoms with Crippen molar-refractivity contribution in [2.45, 2.75) is 38.8 Å². The number of rotatable bonds is 8. The second-order valence-corrected chi connectivity index (χ2v) is 7.95. The highest BCUT2D eigenvalue weighted by Crippen LogP contribution is 2.20. The Bertz CT molecular complexity index is 813. The highest BCUT2D eigenvalue weighted by molar-refractivity contribution is 5.79. The van der Waals surface area contributed by atoms with Crippen LogP contribution in [0, 0.1) is 0 Å². The summed E-state index contributed by atoms with van der Waals surface area (Å²) >= 11 is 0. The van der Waals surface area contributed by atoms with E-state index in [9.17, 15) is 5.11 Å². The zero-order valence-electron chi connectivity index (χ0n) is 17.9. The van der Waals surface area contributed by atoms with Crippen molar-refractivity contribution >= 4 is 5.96 Å². The molecule has 0 bridgehead atoms. The van der Waals surface area contributed by atoms with E-state index in [1.165, 1.54) is 11.1 Å². The maximum Gasteiger partial charge on any atom is 0.191 e. The standard InChI is InChI=1S/C22H34N6O/c1-4-23-21(25-17-22(2,29)20-14-26-27(3)16-20)24-11-7-12-28-13-10-18-8-5-6-9-19(18)15-28/h5-6,8-9,14,16,29H,4,7,10-13,15,17H2,1-3H3,(H2,23,24,25). The minimum absolute atomic E-state index is 0.275. The van der Waals surface area contributed by atoms with Crippen LogP contribution in [-0.4, -0.2) is 58.5 Å². The second kappa shape index (κ2) is 9.89. The molecule has 7 nitrogen and oxygen atoms in total. The fourth-order valence-electron chi connectivity index (χ4n) is 3.62. The fraction of sp³-hybridized carbons (Fsp3) is 0.545. The molecule has 158 valence electrons. The van der Waals surface area contributed by atoms with Crippen molar-refractivity contribution in [3.8, 4) is 0 Å². The van der Waals surface area contributed by atoms with Crippen LogP contribution >= 0.6 is 0 Å². The van der Waals surface area contributed by atoms with E-state index in [4.69, 9.17) is 0 Å². The smallest absolute Gasteiger partial charge is 0.191 e. The van der Waals surface area contributed by atoms with Gasteiger partial charge in [-0.25, -0.2) is 4.99 Å². The van der Waals surface area contributed by atoms with E-state index < -0.39 is 5.60 Å². The summed E-state index contributed by atoms with van der Waals surface area (Å²) in [4.78, 5) is 7.09. The molecule has 0 saturated heterocycles. The van der Waals surface area contributed by atoms with Crippen molar-refractivity contribution in [2.24, 2.45) is 12.0 Å². The number of nitrogens with one attached hydrogen (secondary N) is 2. The maximum absolute atomic E-state index is 10.7. The van der Waals surface area contributed by atoms with Crippen LogP contribution in [0.1, 0.15) is 37.0 Å². The lowest BCUT2D eigenvalue weighted by Gasteiger charge is -2.28. The first kappa shape index (κ1) is 21.3. The minimum Gasteiger partial charge on any atom is -0.383 e. The van der Waals surface area contributed by atoms with E-state index in [-0.39, 0.29) is 6.54 Å². The third kappa shape index (κ3) is 6.05. The lowest BCUT2D eigenvalue weighted by molar-refractivity contribution is 0.0672. The van der Waals surface area contributed by atoms with Gasteiger partial charge in [-0.05, 0) is 37.8 Å². The summed E-state index contributed by atoms with van der Waals surface area (Å²) in [6, 6.07) is 8.74. The maximum atomic E-state index is 10.7. The Balaban J connectivity index is 1.45. The highest BCUT2D eigenvalue weighted by atomic mass is 16.3. The first-order valence-corrected chi connectivity index (χ1v) is 10.5. The molecule has 0 amide bonds. The van der Waals surface area contributed by atoms with Crippen LogP contribution in [0.3, 0.4) is 0 Å². The first-order valence-electron chi connectivity index (χ1n) is 10.5. The normalized spacial score (nSPS) is 16.9. The third-order valence-corrected chi connectivity index (χ3v) is 5.37. The molecule has 0 fully saturated rings. The van der Waals surface area contributed by atoms with Gasteiger partial charge < -0.3 is 15.7 Å². The van der Waals surface area contributed by atoms with Gasteiger partial charge in [-0.15, -0.1) is 0 Å². The number of hydrogen-bond acceptors (Lipinski definition) is 4. The number of aryl methyl sites for hydroxylation is 1. The van der Waals surface area contributed by atoms with Crippen LogP contribution < -0.4 is 10.6 Å². The van der Waals surface area contributed by atoms with Gasteiger partial charge >= 0.3 is 0 Å². The van der Waals surface area contributed by atoms with Crippen LogP contribution in [0.5, 0.6) is 0 Å². The monoisotopic (exact) mass is 398 g/mol. The van der Waals surface area contributed by atoms with Crippen LogP contribution in [0.4, 0.5) is 0 Å². The van der Waals surface area contributed by atoms with Crippen molar-refractivity contribution in [3.63, 3.8) is 0 Å². The summed E-state index contributed by atoms with van der Waals surface area (Å²) in [5.41, 5.74) is 2.67. The number of benzene rings is 1. The van der Waals surface area contributed by atoms with Crippen molar-refractivity contribution < 1.29 is 5.11 Å². The van der Waals surface area contributed by atoms with E-state index in [0.717, 1.165) is 57.1 Å². The molecule has 2 heterocycles. The Morgan fingerprint density at radius 2 is 2.07 bits per heavy atom. The SMILES string of the molecule is CCNC(=NCC(C)(O)c1cnn(C)c1)NCCCN1CCc2ccccc2C1. The number of aliphatic imine (C=N–C) groups is 1. The molecule has 2 aromatic rings. The van der Waals surface area contributed by atoms with Crippen molar-refractivity contribution in [2.75, 3.05) is 32.7 Å². The van der Waals surface area contributed by atoms with Gasteiger partial charge in [0, 0.05) is 51.5 Å². The van der Waals surface area contributed by atoms with Gasteiger partial charge in [0.2, 0.25) is 0 Å². The zero-order chi connectivity index (χ0) is 20.7. The number of aromatic nitrogens is 2. The molecule has 1 aromatic heterocycles. The van der Waals surface area contributed by atoms with Gasteiger partial charge in [0.25, 0.3) is 0 Å². The highest BCUT2D eigenvalue weighted by Gasteiger charge is 2.24. The molecule has 0 saturated carbocycles. The average Bonchev–Trinajstić information content (AvgIpc) is 3.16. The molecule has 1 atom stereocenters. The Morgan fingerprint density at radius 1 is 1.28 bits per heavy atom. The summed E-state index contributed by atoms with van der Waals surface area (Å²) in [6.45, 7) is 8.94. The molecule has 3 rings (SSSR count). The molecule has 3 N–H and O–H groups in total. The largest absolute Gasteiger partial charge is 0.383 e. The Kier molecular flexibility index (Phi) is 7.28. The Morgan fingerprint density at radius 3 is 2.79 bits per heavy atom. The average molecular weight is 399 g/mol. The topological polar surface area (TPSA) is 77.7 Å². The van der Waals surface area contributed by atoms with Crippen molar-refractivity contribution in [1.82, 2.24) is 25.3 Å². The number of nitrogens with zero attached hydrogens (tertiary/aromatic N) is 4. The van der Waals surface area contributed by atoms with E-state index in [1.807, 2.05) is 20.2 Å². The number of aliphatic hydroxyl groups is 1. The quantitative estimate of drug-likeness (QED) is 0.358. The summed E-state index contributed by atoms with van der Waals surface area (Å²) in [7, 11) is 1.84. The molecule has 1 unspecified atom stereocenters. The lowest BCUT2D eigenvalue weighted by Crippen LogP contribution is -2.40. The molecule has 0 radical (unpaired) electrons. The third-order valence-electron chi connectivity index (χ3n) is 5.37. The molecule has 1 aromatic carbocycles. The number of hydrogen-bond donors (Lipinski definition) is 3. The second-order valence-electron chi connectivity index (χ2n) is 7.95. The lowest BCUT2D eigenvalue weighted by atomic mass is 10.00. The Hall–Kier alpha value is -2.38. The van der Waals surface area contributed by atoms with Gasteiger partial charge in [0.1, 0.15) is 5.60 Å². The molecule has 0 aliphatic carbocycles. The molecular weight excluding hydrogens is 364 g/mol. The summed E-state index contributed by atoms with van der Waals surface area (Å²) in [5.74, 6) is 0.737. The summed E-state index contributed by atoms with van der Waals surface area (Å²) in [6.07, 6.45) is 5.70. The van der Waals surface area contributed by atoms with E-state index >= 15 is 0 Å². The molecule has 1 aliphatic heterocycles. The molecular formula is C22H34N6O. The van der Waals surface area contributed by atoms with E-state index in [2.05, 4.69) is 49.9 Å². The first-order chi connectivity index (χ1) is 14.0. The van der Waals surface area contributed by atoms with Gasteiger partial charge in [-0.2, -0.15) is 5.10 Å².